The van der Waals surface area contributed by atoms with E-state index in [0.29, 0.717) is 0 Å². The molecule has 1 heterocycles. The summed E-state index contributed by atoms with van der Waals surface area (Å²) in [5.74, 6) is 4.21. The zero-order valence-electron chi connectivity index (χ0n) is 12.6. The lowest BCUT2D eigenvalue weighted by atomic mass is 9.84. The van der Waals surface area contributed by atoms with Crippen LogP contribution in [0.2, 0.25) is 0 Å². The summed E-state index contributed by atoms with van der Waals surface area (Å²) in [7, 11) is 0. The van der Waals surface area contributed by atoms with Crippen LogP contribution in [0, 0.1) is 17.7 Å². The molecule has 1 aliphatic rings. The molecule has 0 spiro atoms. The molecule has 0 saturated carbocycles. The lowest BCUT2D eigenvalue weighted by Gasteiger charge is -2.28. The maximum Gasteiger partial charge on any atom is 0.123 e. The van der Waals surface area contributed by atoms with Crippen LogP contribution in [0.1, 0.15) is 45.1 Å². The van der Waals surface area contributed by atoms with E-state index in [1.807, 2.05) is 12.1 Å². The molecule has 1 fully saturated rings. The van der Waals surface area contributed by atoms with Crippen molar-refractivity contribution in [2.45, 2.75) is 39.5 Å². The second-order valence-corrected chi connectivity index (χ2v) is 6.93. The number of rotatable bonds is 5. The van der Waals surface area contributed by atoms with Crippen molar-refractivity contribution < 1.29 is 4.39 Å². The Bertz CT molecular complexity index is 429. The first-order chi connectivity index (χ1) is 9.70. The van der Waals surface area contributed by atoms with E-state index in [4.69, 9.17) is 0 Å². The molecule has 0 nitrogen and oxygen atoms in total. The summed E-state index contributed by atoms with van der Waals surface area (Å²) in [4.78, 5) is 0. The molecule has 2 atom stereocenters. The van der Waals surface area contributed by atoms with E-state index in [-0.39, 0.29) is 5.82 Å². The first-order valence-corrected chi connectivity index (χ1v) is 8.86. The van der Waals surface area contributed by atoms with Crippen molar-refractivity contribution in [3.8, 4) is 0 Å². The zero-order chi connectivity index (χ0) is 14.4. The second-order valence-electron chi connectivity index (χ2n) is 5.78. The highest BCUT2D eigenvalue weighted by Crippen LogP contribution is 2.33. The molecule has 2 rings (SSSR count). The predicted octanol–water partition coefficient (Wildman–Crippen LogP) is 5.79. The Kier molecular flexibility index (Phi) is 6.15. The van der Waals surface area contributed by atoms with E-state index in [1.54, 1.807) is 12.1 Å². The molecule has 0 amide bonds. The number of thioether (sulfide) groups is 1. The fourth-order valence-corrected chi connectivity index (χ4v) is 4.27. The lowest BCUT2D eigenvalue weighted by Crippen LogP contribution is -2.20. The van der Waals surface area contributed by atoms with Crippen LogP contribution in [0.4, 0.5) is 4.39 Å². The number of benzene rings is 1. The van der Waals surface area contributed by atoms with Gasteiger partial charge in [-0.2, -0.15) is 11.8 Å². The van der Waals surface area contributed by atoms with Crippen LogP contribution in [-0.4, -0.2) is 11.5 Å². The van der Waals surface area contributed by atoms with Crippen molar-refractivity contribution in [2.75, 3.05) is 11.5 Å². The fraction of sp³-hybridized carbons (Fsp3) is 0.556. The molecule has 1 aromatic rings. The summed E-state index contributed by atoms with van der Waals surface area (Å²) >= 11 is 2.12. The van der Waals surface area contributed by atoms with Crippen LogP contribution in [0.3, 0.4) is 0 Å². The molecule has 2 unspecified atom stereocenters. The van der Waals surface area contributed by atoms with Crippen LogP contribution in [0.5, 0.6) is 0 Å². The normalized spacial score (nSPS) is 21.8. The van der Waals surface area contributed by atoms with E-state index in [2.05, 4.69) is 31.7 Å². The third kappa shape index (κ3) is 4.37. The van der Waals surface area contributed by atoms with Crippen LogP contribution in [0.25, 0.3) is 5.57 Å². The van der Waals surface area contributed by atoms with Gasteiger partial charge in [0, 0.05) is 0 Å². The number of allylic oxidation sites excluding steroid dienone is 2. The highest BCUT2D eigenvalue weighted by molar-refractivity contribution is 7.99. The van der Waals surface area contributed by atoms with Crippen LogP contribution >= 0.6 is 11.8 Å². The lowest BCUT2D eigenvalue weighted by molar-refractivity contribution is 0.329. The Morgan fingerprint density at radius 3 is 2.75 bits per heavy atom. The van der Waals surface area contributed by atoms with Gasteiger partial charge < -0.3 is 0 Å². The van der Waals surface area contributed by atoms with Gasteiger partial charge in [0.25, 0.3) is 0 Å². The first-order valence-electron chi connectivity index (χ1n) is 7.71. The second kappa shape index (κ2) is 7.87. The highest BCUT2D eigenvalue weighted by Gasteiger charge is 2.21. The van der Waals surface area contributed by atoms with E-state index in [0.717, 1.165) is 23.8 Å². The predicted molar refractivity (Wildman–Crippen MR) is 88.5 cm³/mol. The van der Waals surface area contributed by atoms with Crippen molar-refractivity contribution >= 4 is 17.3 Å². The summed E-state index contributed by atoms with van der Waals surface area (Å²) in [5.41, 5.74) is 2.41. The quantitative estimate of drug-likeness (QED) is 0.662. The van der Waals surface area contributed by atoms with Gasteiger partial charge >= 0.3 is 0 Å². The average Bonchev–Trinajstić information content (AvgIpc) is 2.49. The van der Waals surface area contributed by atoms with E-state index >= 15 is 0 Å². The van der Waals surface area contributed by atoms with E-state index < -0.39 is 0 Å². The summed E-state index contributed by atoms with van der Waals surface area (Å²) in [6, 6.07) is 6.83. The van der Waals surface area contributed by atoms with Crippen molar-refractivity contribution in [3.05, 3.63) is 41.7 Å². The minimum Gasteiger partial charge on any atom is -0.207 e. The Hall–Kier alpha value is -0.760. The van der Waals surface area contributed by atoms with Gasteiger partial charge in [0.05, 0.1) is 0 Å². The van der Waals surface area contributed by atoms with Crippen molar-refractivity contribution in [3.63, 3.8) is 0 Å². The van der Waals surface area contributed by atoms with Gasteiger partial charge in [-0.05, 0) is 72.8 Å². The maximum atomic E-state index is 12.9. The standard InChI is InChI=1S/C18H25FS/c1-3-15(17-5-4-12-20-13-17)7-6-14(2)16-8-10-18(19)11-9-16/h6,8-11,15,17H,3-5,7,12-13H2,1-2H3. The van der Waals surface area contributed by atoms with Crippen molar-refractivity contribution in [1.82, 2.24) is 0 Å². The molecule has 20 heavy (non-hydrogen) atoms. The topological polar surface area (TPSA) is 0 Å². The summed E-state index contributed by atoms with van der Waals surface area (Å²) in [6.45, 7) is 4.45. The van der Waals surface area contributed by atoms with Crippen LogP contribution in [0.15, 0.2) is 30.3 Å². The number of hydrogen-bond donors (Lipinski definition) is 0. The molecule has 110 valence electrons. The summed E-state index contributed by atoms with van der Waals surface area (Å²) < 4.78 is 12.9. The highest BCUT2D eigenvalue weighted by atomic mass is 32.2. The fourth-order valence-electron chi connectivity index (χ4n) is 2.99. The molecule has 0 N–H and O–H groups in total. The number of halogens is 1. The van der Waals surface area contributed by atoms with Gasteiger partial charge in [0.1, 0.15) is 5.82 Å². The smallest absolute Gasteiger partial charge is 0.123 e. The van der Waals surface area contributed by atoms with E-state index in [9.17, 15) is 4.39 Å². The average molecular weight is 292 g/mol. The summed E-state index contributed by atoms with van der Waals surface area (Å²) in [5, 5.41) is 0. The SMILES string of the molecule is CCC(CC=C(C)c1ccc(F)cc1)C1CCCSC1. The molecule has 0 aromatic heterocycles. The van der Waals surface area contributed by atoms with Gasteiger partial charge in [0.2, 0.25) is 0 Å². The molecule has 0 bridgehead atoms. The van der Waals surface area contributed by atoms with Gasteiger partial charge in [-0.3, -0.25) is 0 Å². The summed E-state index contributed by atoms with van der Waals surface area (Å²) in [6.07, 6.45) is 7.55. The van der Waals surface area contributed by atoms with Crippen LogP contribution < -0.4 is 0 Å². The van der Waals surface area contributed by atoms with E-state index in [1.165, 1.54) is 36.3 Å². The molecule has 2 heteroatoms. The Labute approximate surface area is 126 Å². The van der Waals surface area contributed by atoms with Gasteiger partial charge in [-0.25, -0.2) is 4.39 Å². The largest absolute Gasteiger partial charge is 0.207 e. The molecular formula is C18H25FS. The maximum absolute atomic E-state index is 12.9. The molecule has 0 radical (unpaired) electrons. The third-order valence-corrected chi connectivity index (χ3v) is 5.65. The zero-order valence-corrected chi connectivity index (χ0v) is 13.4. The molecule has 0 aliphatic carbocycles. The van der Waals surface area contributed by atoms with Crippen molar-refractivity contribution in [2.24, 2.45) is 11.8 Å². The molecule has 1 aliphatic heterocycles. The molecule has 1 aromatic carbocycles. The Balaban J connectivity index is 1.96. The molecular weight excluding hydrogens is 267 g/mol. The Morgan fingerprint density at radius 1 is 1.40 bits per heavy atom. The van der Waals surface area contributed by atoms with Gasteiger partial charge in [0.15, 0.2) is 0 Å². The number of hydrogen-bond acceptors (Lipinski definition) is 1. The third-order valence-electron chi connectivity index (χ3n) is 4.41. The monoisotopic (exact) mass is 292 g/mol. The van der Waals surface area contributed by atoms with Gasteiger partial charge in [-0.15, -0.1) is 0 Å². The van der Waals surface area contributed by atoms with Crippen LogP contribution in [-0.2, 0) is 0 Å². The van der Waals surface area contributed by atoms with Crippen molar-refractivity contribution in [1.29, 1.82) is 0 Å². The minimum atomic E-state index is -0.160. The van der Waals surface area contributed by atoms with Gasteiger partial charge in [-0.1, -0.05) is 31.6 Å². The molecule has 1 saturated heterocycles. The Morgan fingerprint density at radius 2 is 2.15 bits per heavy atom. The first kappa shape index (κ1) is 15.6. The minimum absolute atomic E-state index is 0.160.